The van der Waals surface area contributed by atoms with Gasteiger partial charge in [0.1, 0.15) is 0 Å². The molecule has 1 saturated carbocycles. The van der Waals surface area contributed by atoms with Gasteiger partial charge in [-0.2, -0.15) is 5.10 Å². The lowest BCUT2D eigenvalue weighted by Gasteiger charge is -2.07. The van der Waals surface area contributed by atoms with Crippen LogP contribution < -0.4 is 10.9 Å². The SMILES string of the molecule is O=C(NNC(=O)C1CC1)c1ccc(Cn2cccn2)cc1. The molecule has 108 valence electrons. The molecule has 6 heteroatoms. The number of carbonyl (C=O) groups is 2. The van der Waals surface area contributed by atoms with Crippen LogP contribution in [0.2, 0.25) is 0 Å². The summed E-state index contributed by atoms with van der Waals surface area (Å²) in [5, 5.41) is 4.13. The maximum absolute atomic E-state index is 11.9. The molecule has 0 radical (unpaired) electrons. The molecule has 0 unspecified atom stereocenters. The summed E-state index contributed by atoms with van der Waals surface area (Å²) >= 11 is 0. The summed E-state index contributed by atoms with van der Waals surface area (Å²) in [5.41, 5.74) is 6.43. The van der Waals surface area contributed by atoms with Crippen molar-refractivity contribution in [3.05, 3.63) is 53.9 Å². The average molecular weight is 284 g/mol. The largest absolute Gasteiger partial charge is 0.273 e. The van der Waals surface area contributed by atoms with Crippen LogP contribution in [-0.4, -0.2) is 21.6 Å². The first-order valence-electron chi connectivity index (χ1n) is 6.89. The number of rotatable bonds is 4. The zero-order valence-corrected chi connectivity index (χ0v) is 11.5. The van der Waals surface area contributed by atoms with Crippen molar-refractivity contribution in [1.82, 2.24) is 20.6 Å². The Labute approximate surface area is 122 Å². The van der Waals surface area contributed by atoms with Crippen molar-refractivity contribution in [3.63, 3.8) is 0 Å². The molecule has 0 saturated heterocycles. The number of carbonyl (C=O) groups excluding carboxylic acids is 2. The lowest BCUT2D eigenvalue weighted by atomic mass is 10.1. The van der Waals surface area contributed by atoms with E-state index in [4.69, 9.17) is 0 Å². The monoisotopic (exact) mass is 284 g/mol. The molecule has 1 aliphatic rings. The topological polar surface area (TPSA) is 76.0 Å². The molecule has 0 aliphatic heterocycles. The number of hydrazine groups is 1. The zero-order valence-electron chi connectivity index (χ0n) is 11.5. The second-order valence-electron chi connectivity index (χ2n) is 5.12. The lowest BCUT2D eigenvalue weighted by molar-refractivity contribution is -0.123. The van der Waals surface area contributed by atoms with Crippen molar-refractivity contribution in [3.8, 4) is 0 Å². The van der Waals surface area contributed by atoms with Gasteiger partial charge >= 0.3 is 0 Å². The number of hydrogen-bond acceptors (Lipinski definition) is 3. The maximum atomic E-state index is 11.9. The molecule has 6 nitrogen and oxygen atoms in total. The summed E-state index contributed by atoms with van der Waals surface area (Å²) in [5.74, 6) is -0.352. The fourth-order valence-corrected chi connectivity index (χ4v) is 1.98. The van der Waals surface area contributed by atoms with Crippen LogP contribution in [0.3, 0.4) is 0 Å². The lowest BCUT2D eigenvalue weighted by Crippen LogP contribution is -2.42. The second-order valence-corrected chi connectivity index (χ2v) is 5.12. The van der Waals surface area contributed by atoms with E-state index in [1.807, 2.05) is 29.1 Å². The summed E-state index contributed by atoms with van der Waals surface area (Å²) in [7, 11) is 0. The number of aromatic nitrogens is 2. The smallest absolute Gasteiger partial charge is 0.269 e. The highest BCUT2D eigenvalue weighted by atomic mass is 16.2. The second kappa shape index (κ2) is 5.78. The number of benzene rings is 1. The Morgan fingerprint density at radius 3 is 2.57 bits per heavy atom. The Hall–Kier alpha value is -2.63. The maximum Gasteiger partial charge on any atom is 0.269 e. The van der Waals surface area contributed by atoms with Crippen LogP contribution in [0.15, 0.2) is 42.7 Å². The standard InChI is InChI=1S/C15H16N4O2/c20-14(17-18-15(21)13-6-7-13)12-4-2-11(3-5-12)10-19-9-1-8-16-19/h1-5,8-9,13H,6-7,10H2,(H,17,20)(H,18,21). The van der Waals surface area contributed by atoms with Gasteiger partial charge in [0.15, 0.2) is 0 Å². The van der Waals surface area contributed by atoms with Gasteiger partial charge in [-0.25, -0.2) is 0 Å². The van der Waals surface area contributed by atoms with E-state index < -0.39 is 0 Å². The van der Waals surface area contributed by atoms with Gasteiger partial charge in [0.25, 0.3) is 5.91 Å². The van der Waals surface area contributed by atoms with Crippen molar-refractivity contribution in [2.45, 2.75) is 19.4 Å². The summed E-state index contributed by atoms with van der Waals surface area (Å²) in [4.78, 5) is 23.3. The van der Waals surface area contributed by atoms with Gasteiger partial charge in [0.2, 0.25) is 5.91 Å². The third-order valence-corrected chi connectivity index (χ3v) is 3.37. The molecule has 21 heavy (non-hydrogen) atoms. The molecular weight excluding hydrogens is 268 g/mol. The van der Waals surface area contributed by atoms with Crippen LogP contribution >= 0.6 is 0 Å². The molecule has 1 aromatic heterocycles. The summed E-state index contributed by atoms with van der Waals surface area (Å²) in [6.07, 6.45) is 5.42. The van der Waals surface area contributed by atoms with E-state index in [9.17, 15) is 9.59 Å². The summed E-state index contributed by atoms with van der Waals surface area (Å²) < 4.78 is 1.81. The minimum Gasteiger partial charge on any atom is -0.273 e. The van der Waals surface area contributed by atoms with E-state index in [2.05, 4.69) is 16.0 Å². The first-order valence-corrected chi connectivity index (χ1v) is 6.89. The Bertz CT molecular complexity index is 630. The molecule has 2 aromatic rings. The van der Waals surface area contributed by atoms with E-state index in [-0.39, 0.29) is 17.7 Å². The van der Waals surface area contributed by atoms with E-state index in [1.54, 1.807) is 18.3 Å². The molecule has 1 heterocycles. The normalized spacial score (nSPS) is 13.7. The van der Waals surface area contributed by atoms with Crippen LogP contribution in [0.1, 0.15) is 28.8 Å². The van der Waals surface area contributed by atoms with E-state index in [0.29, 0.717) is 12.1 Å². The first-order chi connectivity index (χ1) is 10.2. The number of nitrogens with one attached hydrogen (secondary N) is 2. The van der Waals surface area contributed by atoms with Crippen molar-refractivity contribution in [1.29, 1.82) is 0 Å². The Kier molecular flexibility index (Phi) is 3.68. The van der Waals surface area contributed by atoms with Gasteiger partial charge in [-0.15, -0.1) is 0 Å². The quantitative estimate of drug-likeness (QED) is 0.826. The highest BCUT2D eigenvalue weighted by molar-refractivity contribution is 5.95. The summed E-state index contributed by atoms with van der Waals surface area (Å²) in [6.45, 7) is 0.660. The van der Waals surface area contributed by atoms with Crippen LogP contribution in [0.4, 0.5) is 0 Å². The third kappa shape index (κ3) is 3.47. The van der Waals surface area contributed by atoms with E-state index in [1.165, 1.54) is 0 Å². The highest BCUT2D eigenvalue weighted by Crippen LogP contribution is 2.28. The number of amides is 2. The molecule has 3 rings (SSSR count). The molecule has 1 aliphatic carbocycles. The average Bonchev–Trinajstić information content (AvgIpc) is 3.24. The Morgan fingerprint density at radius 1 is 1.19 bits per heavy atom. The molecule has 1 fully saturated rings. The fraction of sp³-hybridized carbons (Fsp3) is 0.267. The molecule has 2 N–H and O–H groups in total. The van der Waals surface area contributed by atoms with Crippen LogP contribution in [-0.2, 0) is 11.3 Å². The third-order valence-electron chi connectivity index (χ3n) is 3.37. The number of hydrogen-bond donors (Lipinski definition) is 2. The Balaban J connectivity index is 1.55. The minimum atomic E-state index is -0.311. The van der Waals surface area contributed by atoms with Crippen LogP contribution in [0.25, 0.3) is 0 Å². The molecule has 0 atom stereocenters. The van der Waals surface area contributed by atoms with Crippen molar-refractivity contribution in [2.75, 3.05) is 0 Å². The van der Waals surface area contributed by atoms with Crippen LogP contribution in [0, 0.1) is 5.92 Å². The molecular formula is C15H16N4O2. The molecule has 1 aromatic carbocycles. The van der Waals surface area contributed by atoms with Gasteiger partial charge in [0.05, 0.1) is 6.54 Å². The van der Waals surface area contributed by atoms with Crippen molar-refractivity contribution < 1.29 is 9.59 Å². The fourth-order valence-electron chi connectivity index (χ4n) is 1.98. The predicted octanol–water partition coefficient (Wildman–Crippen LogP) is 1.10. The van der Waals surface area contributed by atoms with Gasteiger partial charge in [-0.05, 0) is 36.6 Å². The minimum absolute atomic E-state index is 0.0711. The molecule has 2 amide bonds. The zero-order chi connectivity index (χ0) is 14.7. The number of nitrogens with zero attached hydrogens (tertiary/aromatic N) is 2. The molecule has 0 spiro atoms. The molecule has 0 bridgehead atoms. The summed E-state index contributed by atoms with van der Waals surface area (Å²) in [6, 6.07) is 9.08. The van der Waals surface area contributed by atoms with Gasteiger partial charge in [-0.1, -0.05) is 12.1 Å². The Morgan fingerprint density at radius 2 is 1.95 bits per heavy atom. The van der Waals surface area contributed by atoms with E-state index >= 15 is 0 Å². The van der Waals surface area contributed by atoms with Crippen LogP contribution in [0.5, 0.6) is 0 Å². The van der Waals surface area contributed by atoms with E-state index in [0.717, 1.165) is 18.4 Å². The highest BCUT2D eigenvalue weighted by Gasteiger charge is 2.29. The first kappa shape index (κ1) is 13.4. The van der Waals surface area contributed by atoms with Crippen molar-refractivity contribution in [2.24, 2.45) is 5.92 Å². The van der Waals surface area contributed by atoms with Gasteiger partial charge in [-0.3, -0.25) is 25.1 Å². The van der Waals surface area contributed by atoms with Gasteiger partial charge < -0.3 is 0 Å². The van der Waals surface area contributed by atoms with Gasteiger partial charge in [0, 0.05) is 23.9 Å². The predicted molar refractivity (Wildman–Crippen MR) is 76.1 cm³/mol. The van der Waals surface area contributed by atoms with Crippen molar-refractivity contribution >= 4 is 11.8 Å².